The molecule has 0 saturated heterocycles. The second kappa shape index (κ2) is 7.20. The number of hydrogen-bond donors (Lipinski definition) is 0. The van der Waals surface area contributed by atoms with Gasteiger partial charge in [-0.05, 0) is 12.7 Å². The van der Waals surface area contributed by atoms with Crippen molar-refractivity contribution >= 4 is 11.8 Å². The van der Waals surface area contributed by atoms with Gasteiger partial charge in [-0.15, -0.1) is 0 Å². The maximum absolute atomic E-state index is 5.42. The highest BCUT2D eigenvalue weighted by Crippen LogP contribution is 2.15. The molecule has 0 aromatic rings. The molecule has 0 saturated carbocycles. The normalized spacial score (nSPS) is 13.0. The summed E-state index contributed by atoms with van der Waals surface area (Å²) in [6.45, 7) is 7.64. The molecule has 1 atom stereocenters. The third kappa shape index (κ3) is 4.92. The highest BCUT2D eigenvalue weighted by atomic mass is 32.2. The summed E-state index contributed by atoms with van der Waals surface area (Å²) in [6.07, 6.45) is 9.11. The van der Waals surface area contributed by atoms with Crippen LogP contribution < -0.4 is 0 Å². The largest absolute Gasteiger partial charge is 0.158 e. The number of rotatable bonds is 6. The van der Waals surface area contributed by atoms with E-state index >= 15 is 0 Å². The molecule has 0 rings (SSSR count). The molecular formula is C9H17S. The molecule has 0 nitrogen and oxygen atoms in total. The fourth-order valence-corrected chi connectivity index (χ4v) is 1.45. The second-order valence-electron chi connectivity index (χ2n) is 2.46. The van der Waals surface area contributed by atoms with Gasteiger partial charge < -0.3 is 0 Å². The molecule has 1 heteroatoms. The molecule has 0 bridgehead atoms. The van der Waals surface area contributed by atoms with Crippen LogP contribution in [0.2, 0.25) is 0 Å². The molecular weight excluding hydrogens is 140 g/mol. The Morgan fingerprint density at radius 2 is 2.20 bits per heavy atom. The zero-order valence-electron chi connectivity index (χ0n) is 6.97. The summed E-state index contributed by atoms with van der Waals surface area (Å²) in [5.41, 5.74) is 0. The second-order valence-corrected chi connectivity index (χ2v) is 3.54. The van der Waals surface area contributed by atoms with E-state index in [2.05, 4.69) is 13.2 Å². The molecule has 0 aromatic carbocycles. The predicted octanol–water partition coefficient (Wildman–Crippen LogP) is 3.29. The van der Waals surface area contributed by atoms with Gasteiger partial charge in [-0.25, -0.2) is 0 Å². The third-order valence-electron chi connectivity index (χ3n) is 1.61. The predicted molar refractivity (Wildman–Crippen MR) is 50.3 cm³/mol. The first-order chi connectivity index (χ1) is 4.85. The Balaban J connectivity index is 3.17. The highest BCUT2D eigenvalue weighted by Gasteiger charge is 1.99. The van der Waals surface area contributed by atoms with Gasteiger partial charge in [0.15, 0.2) is 0 Å². The fourth-order valence-electron chi connectivity index (χ4n) is 0.888. The van der Waals surface area contributed by atoms with Crippen LogP contribution in [0.25, 0.3) is 0 Å². The molecule has 59 valence electrons. The van der Waals surface area contributed by atoms with E-state index in [4.69, 9.17) is 6.58 Å². The van der Waals surface area contributed by atoms with Crippen LogP contribution in [0.15, 0.2) is 6.08 Å². The molecule has 0 aliphatic carbocycles. The van der Waals surface area contributed by atoms with E-state index in [0.29, 0.717) is 5.25 Å². The summed E-state index contributed by atoms with van der Waals surface area (Å²) in [5, 5.41) is 0.576. The van der Waals surface area contributed by atoms with E-state index in [0.717, 1.165) is 0 Å². The minimum atomic E-state index is 0.576. The SMILES string of the molecule is [CH]=CC(CCCCC)SC. The van der Waals surface area contributed by atoms with Gasteiger partial charge in [0.05, 0.1) is 0 Å². The van der Waals surface area contributed by atoms with Crippen LogP contribution in [-0.2, 0) is 0 Å². The number of hydrogen-bond acceptors (Lipinski definition) is 1. The van der Waals surface area contributed by atoms with Crippen LogP contribution in [0, 0.1) is 6.58 Å². The van der Waals surface area contributed by atoms with Crippen molar-refractivity contribution in [3.63, 3.8) is 0 Å². The van der Waals surface area contributed by atoms with Gasteiger partial charge in [0.2, 0.25) is 0 Å². The first-order valence-electron chi connectivity index (χ1n) is 3.93. The van der Waals surface area contributed by atoms with Gasteiger partial charge in [0.25, 0.3) is 0 Å². The molecule has 0 fully saturated rings. The van der Waals surface area contributed by atoms with Crippen LogP contribution in [-0.4, -0.2) is 11.5 Å². The van der Waals surface area contributed by atoms with Gasteiger partial charge in [-0.1, -0.05) is 38.8 Å². The van der Waals surface area contributed by atoms with Crippen LogP contribution in [0.3, 0.4) is 0 Å². The van der Waals surface area contributed by atoms with Crippen molar-refractivity contribution in [1.29, 1.82) is 0 Å². The van der Waals surface area contributed by atoms with Crippen LogP contribution >= 0.6 is 11.8 Å². The molecule has 0 aliphatic heterocycles. The number of unbranched alkanes of at least 4 members (excludes halogenated alkanes) is 2. The van der Waals surface area contributed by atoms with E-state index in [1.165, 1.54) is 25.7 Å². The van der Waals surface area contributed by atoms with Crippen LogP contribution in [0.1, 0.15) is 32.6 Å². The molecule has 1 radical (unpaired) electrons. The first kappa shape index (κ1) is 10.1. The summed E-state index contributed by atoms with van der Waals surface area (Å²) in [4.78, 5) is 0. The van der Waals surface area contributed by atoms with Crippen molar-refractivity contribution < 1.29 is 0 Å². The first-order valence-corrected chi connectivity index (χ1v) is 5.21. The van der Waals surface area contributed by atoms with Crippen molar-refractivity contribution in [2.75, 3.05) is 6.26 Å². The lowest BCUT2D eigenvalue weighted by molar-refractivity contribution is 0.681. The molecule has 1 unspecified atom stereocenters. The number of thioether (sulfide) groups is 1. The maximum atomic E-state index is 5.42. The van der Waals surface area contributed by atoms with Gasteiger partial charge in [-0.2, -0.15) is 11.8 Å². The lowest BCUT2D eigenvalue weighted by Gasteiger charge is -2.06. The Labute approximate surface area is 69.1 Å². The minimum Gasteiger partial charge on any atom is -0.158 e. The zero-order chi connectivity index (χ0) is 7.82. The Morgan fingerprint density at radius 1 is 1.50 bits per heavy atom. The molecule has 0 aromatic heterocycles. The summed E-state index contributed by atoms with van der Waals surface area (Å²) >= 11 is 1.84. The fraction of sp³-hybridized carbons (Fsp3) is 0.778. The van der Waals surface area contributed by atoms with Crippen molar-refractivity contribution in [3.8, 4) is 0 Å². The Hall–Kier alpha value is 0.0900. The van der Waals surface area contributed by atoms with Crippen molar-refractivity contribution in [2.24, 2.45) is 0 Å². The van der Waals surface area contributed by atoms with Crippen molar-refractivity contribution in [2.45, 2.75) is 37.9 Å². The average molecular weight is 157 g/mol. The van der Waals surface area contributed by atoms with Gasteiger partial charge in [-0.3, -0.25) is 0 Å². The van der Waals surface area contributed by atoms with Gasteiger partial charge >= 0.3 is 0 Å². The smallest absolute Gasteiger partial charge is 0.0227 e. The molecule has 10 heavy (non-hydrogen) atoms. The van der Waals surface area contributed by atoms with E-state index < -0.39 is 0 Å². The summed E-state index contributed by atoms with van der Waals surface area (Å²) < 4.78 is 0. The zero-order valence-corrected chi connectivity index (χ0v) is 7.79. The van der Waals surface area contributed by atoms with E-state index in [1.54, 1.807) is 6.08 Å². The quantitative estimate of drug-likeness (QED) is 0.533. The monoisotopic (exact) mass is 157 g/mol. The molecule has 0 heterocycles. The standard InChI is InChI=1S/C9H17S/c1-4-6-7-8-9(5-2)10-3/h2,5,9H,4,6-8H2,1,3H3. The van der Waals surface area contributed by atoms with Crippen LogP contribution in [0.5, 0.6) is 0 Å². The third-order valence-corrected chi connectivity index (χ3v) is 2.61. The molecule has 0 spiro atoms. The van der Waals surface area contributed by atoms with Crippen molar-refractivity contribution in [1.82, 2.24) is 0 Å². The summed E-state index contributed by atoms with van der Waals surface area (Å²) in [5.74, 6) is 0. The topological polar surface area (TPSA) is 0 Å². The van der Waals surface area contributed by atoms with Gasteiger partial charge in [0, 0.05) is 5.25 Å². The summed E-state index contributed by atoms with van der Waals surface area (Å²) in [6, 6.07) is 0. The van der Waals surface area contributed by atoms with E-state index in [1.807, 2.05) is 11.8 Å². The van der Waals surface area contributed by atoms with Crippen LogP contribution in [0.4, 0.5) is 0 Å². The molecule has 0 amide bonds. The van der Waals surface area contributed by atoms with Gasteiger partial charge in [0.1, 0.15) is 0 Å². The maximum Gasteiger partial charge on any atom is 0.0227 e. The molecule has 0 N–H and O–H groups in total. The van der Waals surface area contributed by atoms with E-state index in [9.17, 15) is 0 Å². The lowest BCUT2D eigenvalue weighted by atomic mass is 10.1. The Kier molecular flexibility index (Phi) is 7.26. The Morgan fingerprint density at radius 3 is 2.60 bits per heavy atom. The average Bonchev–Trinajstić information content (AvgIpc) is 1.99. The molecule has 0 aliphatic rings. The lowest BCUT2D eigenvalue weighted by Crippen LogP contribution is -1.95. The van der Waals surface area contributed by atoms with E-state index in [-0.39, 0.29) is 0 Å². The Bertz CT molecular complexity index is 78.8. The minimum absolute atomic E-state index is 0.576. The highest BCUT2D eigenvalue weighted by molar-refractivity contribution is 7.99. The van der Waals surface area contributed by atoms with Crippen molar-refractivity contribution in [3.05, 3.63) is 12.7 Å². The summed E-state index contributed by atoms with van der Waals surface area (Å²) in [7, 11) is 0.